The van der Waals surface area contributed by atoms with E-state index in [0.29, 0.717) is 12.8 Å². The second kappa shape index (κ2) is 24.0. The minimum Gasteiger partial charge on any atom is -0.392 e. The maximum Gasteiger partial charge on any atom is 0.0758 e. The van der Waals surface area contributed by atoms with Crippen LogP contribution in [-0.2, 0) is 0 Å². The molecule has 5 nitrogen and oxygen atoms in total. The van der Waals surface area contributed by atoms with Gasteiger partial charge in [-0.25, -0.2) is 0 Å². The second-order valence-electron chi connectivity index (χ2n) is 9.29. The number of unbranched alkanes of at least 4 members (excludes halogenated alkanes) is 4. The Morgan fingerprint density at radius 2 is 1.11 bits per heavy atom. The van der Waals surface area contributed by atoms with Crippen LogP contribution in [-0.4, -0.2) is 45.7 Å². The quantitative estimate of drug-likeness (QED) is 0.0844. The largest absolute Gasteiger partial charge is 0.392 e. The molecular weight excluding hydrogens is 436 g/mol. The van der Waals surface area contributed by atoms with E-state index in [1.54, 1.807) is 13.0 Å². The van der Waals surface area contributed by atoms with Gasteiger partial charge >= 0.3 is 0 Å². The van der Waals surface area contributed by atoms with Crippen LogP contribution in [0.1, 0.15) is 84.5 Å². The van der Waals surface area contributed by atoms with Crippen molar-refractivity contribution in [1.29, 1.82) is 0 Å². The molecule has 5 heteroatoms. The summed E-state index contributed by atoms with van der Waals surface area (Å²) in [6.45, 7) is 3.63. The van der Waals surface area contributed by atoms with Crippen LogP contribution < -0.4 is 11.5 Å². The van der Waals surface area contributed by atoms with Gasteiger partial charge < -0.3 is 26.8 Å². The SMILES string of the molecule is C[C@H](N)[C@H](O)C/C=C\C[C@@H](O)/C=C/C=C\C/C=C\C/C=C\C/C=C\CCCCCC[C@@H](O)[C@H](C)N. The predicted octanol–water partition coefficient (Wildman–Crippen LogP) is 5.39. The number of hydrogen-bond donors (Lipinski definition) is 5. The molecule has 5 atom stereocenters. The summed E-state index contributed by atoms with van der Waals surface area (Å²) >= 11 is 0. The van der Waals surface area contributed by atoms with Crippen molar-refractivity contribution in [2.24, 2.45) is 11.5 Å². The lowest BCUT2D eigenvalue weighted by Gasteiger charge is -2.13. The average Bonchev–Trinajstić information content (AvgIpc) is 2.82. The monoisotopic (exact) mass is 488 g/mol. The van der Waals surface area contributed by atoms with Gasteiger partial charge in [-0.3, -0.25) is 0 Å². The van der Waals surface area contributed by atoms with Crippen LogP contribution in [0.25, 0.3) is 0 Å². The first-order chi connectivity index (χ1) is 16.8. The average molecular weight is 489 g/mol. The maximum absolute atomic E-state index is 9.89. The van der Waals surface area contributed by atoms with Gasteiger partial charge in [0.25, 0.3) is 0 Å². The van der Waals surface area contributed by atoms with Crippen molar-refractivity contribution in [2.75, 3.05) is 0 Å². The summed E-state index contributed by atoms with van der Waals surface area (Å²) in [5.41, 5.74) is 11.3. The second-order valence-corrected chi connectivity index (χ2v) is 9.29. The summed E-state index contributed by atoms with van der Waals surface area (Å²) in [6.07, 6.45) is 33.5. The molecule has 0 radical (unpaired) electrons. The van der Waals surface area contributed by atoms with Gasteiger partial charge in [-0.05, 0) is 65.2 Å². The van der Waals surface area contributed by atoms with Crippen molar-refractivity contribution in [1.82, 2.24) is 0 Å². The third-order valence-corrected chi connectivity index (χ3v) is 5.65. The van der Waals surface area contributed by atoms with E-state index in [1.807, 2.05) is 31.2 Å². The highest BCUT2D eigenvalue weighted by Crippen LogP contribution is 2.09. The molecule has 0 aromatic carbocycles. The molecule has 0 heterocycles. The molecule has 35 heavy (non-hydrogen) atoms. The summed E-state index contributed by atoms with van der Waals surface area (Å²) in [5.74, 6) is 0. The van der Waals surface area contributed by atoms with Gasteiger partial charge in [-0.1, -0.05) is 92.2 Å². The zero-order chi connectivity index (χ0) is 26.2. The molecule has 0 saturated carbocycles. The molecule has 0 unspecified atom stereocenters. The van der Waals surface area contributed by atoms with Crippen LogP contribution in [0.3, 0.4) is 0 Å². The van der Waals surface area contributed by atoms with Crippen molar-refractivity contribution in [2.45, 2.75) is 115 Å². The third-order valence-electron chi connectivity index (χ3n) is 5.65. The minimum absolute atomic E-state index is 0.125. The highest BCUT2D eigenvalue weighted by Gasteiger charge is 2.08. The van der Waals surface area contributed by atoms with Crippen molar-refractivity contribution >= 4 is 0 Å². The van der Waals surface area contributed by atoms with E-state index in [4.69, 9.17) is 11.5 Å². The molecule has 0 amide bonds. The Hall–Kier alpha value is -1.76. The third kappa shape index (κ3) is 23.7. The van der Waals surface area contributed by atoms with Crippen LogP contribution in [0.2, 0.25) is 0 Å². The molecule has 0 aromatic rings. The zero-order valence-electron chi connectivity index (χ0n) is 22.1. The first kappa shape index (κ1) is 33.2. The Balaban J connectivity index is 3.66. The molecule has 0 spiro atoms. The van der Waals surface area contributed by atoms with Crippen molar-refractivity contribution in [3.8, 4) is 0 Å². The zero-order valence-corrected chi connectivity index (χ0v) is 22.1. The standard InChI is InChI=1S/C30H52N2O3/c1-26(31)29(34)24-19-17-15-13-11-9-7-5-3-4-6-8-10-12-14-16-18-22-28(33)23-20-21-25-30(35)27(2)32/h3-4,7-10,14,16,18,20-22,26-30,33-35H,5-6,11-13,15,17,19,23-25,31-32H2,1-2H3/b4-3-,9-7-,10-8-,16-14-,21-20-,22-18+/t26-,27-,28-,29+,30+/m0/s1. The molecule has 0 aromatic heterocycles. The van der Waals surface area contributed by atoms with Gasteiger partial charge in [0.1, 0.15) is 0 Å². The Morgan fingerprint density at radius 3 is 1.74 bits per heavy atom. The predicted molar refractivity (Wildman–Crippen MR) is 151 cm³/mol. The normalized spacial score (nSPS) is 17.6. The lowest BCUT2D eigenvalue weighted by atomic mass is 10.0. The van der Waals surface area contributed by atoms with Crippen LogP contribution >= 0.6 is 0 Å². The molecule has 0 rings (SSSR count). The van der Waals surface area contributed by atoms with E-state index in [2.05, 4.69) is 42.5 Å². The van der Waals surface area contributed by atoms with E-state index in [9.17, 15) is 15.3 Å². The first-order valence-electron chi connectivity index (χ1n) is 13.3. The first-order valence-corrected chi connectivity index (χ1v) is 13.3. The van der Waals surface area contributed by atoms with Gasteiger partial charge in [0.15, 0.2) is 0 Å². The van der Waals surface area contributed by atoms with E-state index in [-0.39, 0.29) is 18.2 Å². The molecular formula is C30H52N2O3. The topological polar surface area (TPSA) is 113 Å². The lowest BCUT2D eigenvalue weighted by molar-refractivity contribution is 0.138. The molecule has 0 aliphatic rings. The van der Waals surface area contributed by atoms with E-state index in [0.717, 1.165) is 44.9 Å². The van der Waals surface area contributed by atoms with Gasteiger partial charge in [0, 0.05) is 12.1 Å². The fourth-order valence-corrected chi connectivity index (χ4v) is 3.18. The Morgan fingerprint density at radius 1 is 0.571 bits per heavy atom. The Bertz CT molecular complexity index is 648. The number of hydrogen-bond acceptors (Lipinski definition) is 5. The van der Waals surface area contributed by atoms with Crippen LogP contribution in [0.15, 0.2) is 72.9 Å². The number of allylic oxidation sites excluding steroid dienone is 9. The van der Waals surface area contributed by atoms with Crippen LogP contribution in [0, 0.1) is 0 Å². The summed E-state index contributed by atoms with van der Waals surface area (Å²) < 4.78 is 0. The highest BCUT2D eigenvalue weighted by molar-refractivity contribution is 5.08. The molecule has 0 saturated heterocycles. The van der Waals surface area contributed by atoms with Crippen molar-refractivity contribution < 1.29 is 15.3 Å². The van der Waals surface area contributed by atoms with Gasteiger partial charge in [0.2, 0.25) is 0 Å². The minimum atomic E-state index is -0.535. The highest BCUT2D eigenvalue weighted by atomic mass is 16.3. The fourth-order valence-electron chi connectivity index (χ4n) is 3.18. The number of aliphatic hydroxyl groups is 3. The van der Waals surface area contributed by atoms with Crippen LogP contribution in [0.5, 0.6) is 0 Å². The summed E-state index contributed by atoms with van der Waals surface area (Å²) in [5, 5.41) is 29.2. The molecule has 0 bridgehead atoms. The van der Waals surface area contributed by atoms with E-state index < -0.39 is 12.2 Å². The van der Waals surface area contributed by atoms with Gasteiger partial charge in [-0.15, -0.1) is 0 Å². The number of nitrogens with two attached hydrogens (primary N) is 2. The maximum atomic E-state index is 9.89. The number of rotatable bonds is 21. The molecule has 7 N–H and O–H groups in total. The Labute approximate surface area is 214 Å². The summed E-state index contributed by atoms with van der Waals surface area (Å²) in [7, 11) is 0. The molecule has 0 aliphatic heterocycles. The van der Waals surface area contributed by atoms with Crippen molar-refractivity contribution in [3.63, 3.8) is 0 Å². The fraction of sp³-hybridized carbons (Fsp3) is 0.600. The summed E-state index contributed by atoms with van der Waals surface area (Å²) in [6, 6.07) is -0.369. The number of aliphatic hydroxyl groups excluding tert-OH is 3. The summed E-state index contributed by atoms with van der Waals surface area (Å²) in [4.78, 5) is 0. The van der Waals surface area contributed by atoms with Crippen molar-refractivity contribution in [3.05, 3.63) is 72.9 Å². The van der Waals surface area contributed by atoms with E-state index >= 15 is 0 Å². The molecule has 200 valence electrons. The van der Waals surface area contributed by atoms with Crippen LogP contribution in [0.4, 0.5) is 0 Å². The van der Waals surface area contributed by atoms with E-state index in [1.165, 1.54) is 12.8 Å². The Kier molecular flexibility index (Phi) is 22.8. The van der Waals surface area contributed by atoms with Gasteiger partial charge in [-0.2, -0.15) is 0 Å². The smallest absolute Gasteiger partial charge is 0.0758 e. The lowest BCUT2D eigenvalue weighted by Crippen LogP contribution is -2.31. The molecule has 0 aliphatic carbocycles. The molecule has 0 fully saturated rings. The van der Waals surface area contributed by atoms with Gasteiger partial charge in [0.05, 0.1) is 18.3 Å².